The normalized spacial score (nSPS) is 11.7. The molecule has 1 aromatic carbocycles. The minimum Gasteiger partial charge on any atom is -0.480 e. The van der Waals surface area contributed by atoms with Gasteiger partial charge in [-0.15, -0.1) is 0 Å². The molecule has 0 saturated heterocycles. The van der Waals surface area contributed by atoms with Gasteiger partial charge in [0.25, 0.3) is 11.6 Å². The number of carbonyl (C=O) groups excluding carboxylic acids is 1. The molecule has 1 amide bonds. The van der Waals surface area contributed by atoms with Crippen LogP contribution in [0, 0.1) is 10.1 Å². The summed E-state index contributed by atoms with van der Waals surface area (Å²) in [6.07, 6.45) is 1.63. The van der Waals surface area contributed by atoms with E-state index in [9.17, 15) is 19.7 Å². The van der Waals surface area contributed by atoms with Crippen LogP contribution >= 0.6 is 0 Å². The molecule has 9 heteroatoms. The molecule has 0 aliphatic carbocycles. The first kappa shape index (κ1) is 20.8. The van der Waals surface area contributed by atoms with E-state index >= 15 is 0 Å². The summed E-state index contributed by atoms with van der Waals surface area (Å²) in [6, 6.07) is 8.78. The maximum Gasteiger partial charge on any atom is 0.323 e. The Hall–Kier alpha value is -3.49. The summed E-state index contributed by atoms with van der Waals surface area (Å²) < 4.78 is 0. The molecule has 2 N–H and O–H groups in total. The van der Waals surface area contributed by atoms with Crippen LogP contribution in [-0.4, -0.2) is 44.4 Å². The molecule has 0 radical (unpaired) electrons. The number of carbonyl (C=O) groups is 2. The van der Waals surface area contributed by atoms with Gasteiger partial charge < -0.3 is 15.3 Å². The molecule has 28 heavy (non-hydrogen) atoms. The number of carboxylic acid groups (broad SMARTS) is 1. The number of carboxylic acids is 1. The zero-order chi connectivity index (χ0) is 20.8. The maximum absolute atomic E-state index is 12.7. The van der Waals surface area contributed by atoms with Crippen molar-refractivity contribution in [3.05, 3.63) is 64.0 Å². The van der Waals surface area contributed by atoms with Crippen LogP contribution in [0.4, 0.5) is 11.4 Å². The van der Waals surface area contributed by atoms with E-state index in [0.717, 1.165) is 11.0 Å². The number of amides is 1. The lowest BCUT2D eigenvalue weighted by Gasteiger charge is -2.25. The van der Waals surface area contributed by atoms with E-state index in [1.54, 1.807) is 32.2 Å². The average molecular weight is 386 g/mol. The summed E-state index contributed by atoms with van der Waals surface area (Å²) in [7, 11) is 0. The van der Waals surface area contributed by atoms with Gasteiger partial charge in [0, 0.05) is 23.9 Å². The molecule has 1 atom stereocenters. The zero-order valence-corrected chi connectivity index (χ0v) is 15.8. The first-order valence-corrected chi connectivity index (χ1v) is 8.69. The molecule has 0 spiro atoms. The van der Waals surface area contributed by atoms with Gasteiger partial charge in [-0.2, -0.15) is 0 Å². The Morgan fingerprint density at radius 3 is 2.50 bits per heavy atom. The predicted octanol–water partition coefficient (Wildman–Crippen LogP) is 3.10. The van der Waals surface area contributed by atoms with Crippen molar-refractivity contribution in [2.75, 3.05) is 11.9 Å². The Morgan fingerprint density at radius 2 is 1.96 bits per heavy atom. The number of rotatable bonds is 8. The third-order valence-corrected chi connectivity index (χ3v) is 4.13. The number of pyridine rings is 1. The van der Waals surface area contributed by atoms with Gasteiger partial charge in [-0.05, 0) is 45.0 Å². The summed E-state index contributed by atoms with van der Waals surface area (Å²) in [4.78, 5) is 40.0. The number of nitro groups is 1. The van der Waals surface area contributed by atoms with E-state index in [2.05, 4.69) is 10.3 Å². The topological polar surface area (TPSA) is 126 Å². The Kier molecular flexibility index (Phi) is 6.64. The molecule has 9 nitrogen and oxygen atoms in total. The van der Waals surface area contributed by atoms with Crippen LogP contribution in [0.15, 0.2) is 42.6 Å². The van der Waals surface area contributed by atoms with Crippen molar-refractivity contribution >= 4 is 23.3 Å². The maximum atomic E-state index is 12.7. The van der Waals surface area contributed by atoms with Crippen LogP contribution in [0.2, 0.25) is 0 Å². The van der Waals surface area contributed by atoms with Crippen LogP contribution < -0.4 is 5.32 Å². The summed E-state index contributed by atoms with van der Waals surface area (Å²) in [5.41, 5.74) is 0.740. The lowest BCUT2D eigenvalue weighted by Crippen LogP contribution is -2.40. The number of aromatic nitrogens is 1. The third-order valence-electron chi connectivity index (χ3n) is 4.13. The van der Waals surface area contributed by atoms with Gasteiger partial charge in [0.05, 0.1) is 16.7 Å². The van der Waals surface area contributed by atoms with Crippen molar-refractivity contribution in [2.24, 2.45) is 0 Å². The van der Waals surface area contributed by atoms with Gasteiger partial charge >= 0.3 is 5.97 Å². The molecule has 0 saturated carbocycles. The fraction of sp³-hybridized carbons (Fsp3) is 0.316. The Balaban J connectivity index is 2.33. The molecular formula is C19H22N4O5. The molecule has 2 rings (SSSR count). The summed E-state index contributed by atoms with van der Waals surface area (Å²) >= 11 is 0. The number of hydrogen-bond acceptors (Lipinski definition) is 6. The molecule has 2 aromatic rings. The summed E-state index contributed by atoms with van der Waals surface area (Å²) in [5, 5.41) is 23.6. The zero-order valence-electron chi connectivity index (χ0n) is 15.8. The first-order valence-electron chi connectivity index (χ1n) is 8.69. The van der Waals surface area contributed by atoms with Crippen LogP contribution in [0.1, 0.15) is 42.9 Å². The molecule has 0 aliphatic rings. The van der Waals surface area contributed by atoms with Crippen molar-refractivity contribution in [1.82, 2.24) is 9.88 Å². The predicted molar refractivity (Wildman–Crippen MR) is 103 cm³/mol. The lowest BCUT2D eigenvalue weighted by atomic mass is 10.1. The van der Waals surface area contributed by atoms with Gasteiger partial charge in [-0.3, -0.25) is 24.7 Å². The number of nitro benzene ring substituents is 1. The number of nitrogens with zero attached hydrogens (tertiary/aromatic N) is 3. The van der Waals surface area contributed by atoms with Crippen LogP contribution in [0.5, 0.6) is 0 Å². The van der Waals surface area contributed by atoms with E-state index < -0.39 is 23.3 Å². The van der Waals surface area contributed by atoms with Crippen molar-refractivity contribution < 1.29 is 19.6 Å². The largest absolute Gasteiger partial charge is 0.480 e. The fourth-order valence-electron chi connectivity index (χ4n) is 2.68. The Morgan fingerprint density at radius 1 is 1.25 bits per heavy atom. The highest BCUT2D eigenvalue weighted by Gasteiger charge is 2.25. The second-order valence-electron chi connectivity index (χ2n) is 6.53. The molecule has 1 heterocycles. The lowest BCUT2D eigenvalue weighted by molar-refractivity contribution is -0.384. The van der Waals surface area contributed by atoms with E-state index in [1.165, 1.54) is 12.1 Å². The minimum atomic E-state index is -1.15. The second kappa shape index (κ2) is 8.94. The summed E-state index contributed by atoms with van der Waals surface area (Å²) in [6.45, 7) is 4.69. The second-order valence-corrected chi connectivity index (χ2v) is 6.53. The Bertz CT molecular complexity index is 870. The quantitative estimate of drug-likeness (QED) is 0.527. The number of benzene rings is 1. The van der Waals surface area contributed by atoms with Crippen LogP contribution in [-0.2, 0) is 4.79 Å². The average Bonchev–Trinajstić information content (AvgIpc) is 2.66. The molecular weight excluding hydrogens is 364 g/mol. The van der Waals surface area contributed by atoms with Crippen LogP contribution in [0.3, 0.4) is 0 Å². The SMILES string of the molecule is CC(Nc1ccc(C(=O)N(CC(=O)O)C(C)C)cc1[N+](=O)[O-])c1ccccn1. The van der Waals surface area contributed by atoms with Crippen molar-refractivity contribution in [1.29, 1.82) is 0 Å². The molecule has 0 aliphatic heterocycles. The Labute approximate surface area is 162 Å². The summed E-state index contributed by atoms with van der Waals surface area (Å²) in [5.74, 6) is -1.73. The standard InChI is InChI=1S/C19H22N4O5/c1-12(2)22(11-18(24)25)19(26)14-7-8-16(17(10-14)23(27)28)21-13(3)15-6-4-5-9-20-15/h4-10,12-13,21H,11H2,1-3H3,(H,24,25). The van der Waals surface area contributed by atoms with Gasteiger partial charge in [0.2, 0.25) is 0 Å². The highest BCUT2D eigenvalue weighted by atomic mass is 16.6. The highest BCUT2D eigenvalue weighted by Crippen LogP contribution is 2.29. The molecule has 0 bridgehead atoms. The van der Waals surface area contributed by atoms with Gasteiger partial charge in [0.1, 0.15) is 12.2 Å². The molecule has 1 unspecified atom stereocenters. The number of anilines is 1. The molecule has 148 valence electrons. The number of hydrogen-bond donors (Lipinski definition) is 2. The third kappa shape index (κ3) is 5.03. The fourth-order valence-corrected chi connectivity index (χ4v) is 2.68. The first-order chi connectivity index (χ1) is 13.2. The van der Waals surface area contributed by atoms with Gasteiger partial charge in [0.15, 0.2) is 0 Å². The molecule has 1 aromatic heterocycles. The monoisotopic (exact) mass is 386 g/mol. The van der Waals surface area contributed by atoms with Gasteiger partial charge in [-0.1, -0.05) is 6.07 Å². The van der Waals surface area contributed by atoms with E-state index in [1.807, 2.05) is 13.0 Å². The van der Waals surface area contributed by atoms with Gasteiger partial charge in [-0.25, -0.2) is 0 Å². The van der Waals surface area contributed by atoms with Crippen LogP contribution in [0.25, 0.3) is 0 Å². The van der Waals surface area contributed by atoms with Crippen molar-refractivity contribution in [3.63, 3.8) is 0 Å². The van der Waals surface area contributed by atoms with Crippen molar-refractivity contribution in [2.45, 2.75) is 32.9 Å². The molecule has 0 fully saturated rings. The van der Waals surface area contributed by atoms with Crippen molar-refractivity contribution in [3.8, 4) is 0 Å². The van der Waals surface area contributed by atoms with E-state index in [4.69, 9.17) is 5.11 Å². The number of nitrogens with one attached hydrogen (secondary N) is 1. The smallest absolute Gasteiger partial charge is 0.323 e. The van der Waals surface area contributed by atoms with E-state index in [-0.39, 0.29) is 29.0 Å². The van der Waals surface area contributed by atoms with E-state index in [0.29, 0.717) is 5.69 Å². The number of aliphatic carboxylic acids is 1. The minimum absolute atomic E-state index is 0.0534. The highest BCUT2D eigenvalue weighted by molar-refractivity contribution is 5.97.